The lowest BCUT2D eigenvalue weighted by atomic mass is 10.1. The molecule has 1 aliphatic rings. The van der Waals surface area contributed by atoms with E-state index in [-0.39, 0.29) is 5.75 Å². The van der Waals surface area contributed by atoms with Crippen LogP contribution in [-0.2, 0) is 20.5 Å². The molecule has 5 nitrogen and oxygen atoms in total. The highest BCUT2D eigenvalue weighted by Crippen LogP contribution is 2.15. The van der Waals surface area contributed by atoms with E-state index in [1.165, 1.54) is 0 Å². The van der Waals surface area contributed by atoms with E-state index in [9.17, 15) is 8.42 Å². The van der Waals surface area contributed by atoms with Crippen molar-refractivity contribution in [2.45, 2.75) is 18.6 Å². The normalized spacial score (nSPS) is 18.8. The lowest BCUT2D eigenvalue weighted by Gasteiger charge is -2.10. The second-order valence-corrected chi connectivity index (χ2v) is 7.48. The first-order chi connectivity index (χ1) is 9.96. The molecular weight excluding hydrogens is 308 g/mol. The first kappa shape index (κ1) is 16.4. The second kappa shape index (κ2) is 7.31. The van der Waals surface area contributed by atoms with E-state index in [4.69, 9.17) is 22.7 Å². The van der Waals surface area contributed by atoms with Crippen LogP contribution in [0, 0.1) is 5.92 Å². The van der Waals surface area contributed by atoms with Gasteiger partial charge in [-0.15, -0.1) is 0 Å². The van der Waals surface area contributed by atoms with E-state index in [1.807, 2.05) is 0 Å². The van der Waals surface area contributed by atoms with Crippen molar-refractivity contribution in [2.75, 3.05) is 19.8 Å². The Morgan fingerprint density at radius 3 is 2.67 bits per heavy atom. The summed E-state index contributed by atoms with van der Waals surface area (Å²) in [4.78, 5) is 0.307. The Balaban J connectivity index is 1.83. The Morgan fingerprint density at radius 2 is 2.10 bits per heavy atom. The van der Waals surface area contributed by atoms with Gasteiger partial charge >= 0.3 is 0 Å². The van der Waals surface area contributed by atoms with Gasteiger partial charge in [0.25, 0.3) is 0 Å². The number of nitrogens with two attached hydrogens (primary N) is 1. The molecule has 0 radical (unpaired) electrons. The van der Waals surface area contributed by atoms with E-state index in [2.05, 4.69) is 4.72 Å². The molecule has 0 aliphatic carbocycles. The van der Waals surface area contributed by atoms with Gasteiger partial charge in [-0.3, -0.25) is 0 Å². The molecule has 1 aromatic rings. The topological polar surface area (TPSA) is 81.4 Å². The summed E-state index contributed by atoms with van der Waals surface area (Å²) in [5.41, 5.74) is 6.96. The fourth-order valence-electron chi connectivity index (χ4n) is 2.27. The summed E-state index contributed by atoms with van der Waals surface area (Å²) in [7, 11) is -3.31. The van der Waals surface area contributed by atoms with Gasteiger partial charge in [0.05, 0.1) is 5.75 Å². The number of nitrogens with one attached hydrogen (secondary N) is 1. The van der Waals surface area contributed by atoms with Crippen molar-refractivity contribution in [1.29, 1.82) is 0 Å². The van der Waals surface area contributed by atoms with Crippen molar-refractivity contribution < 1.29 is 13.2 Å². The minimum absolute atomic E-state index is 0.0359. The van der Waals surface area contributed by atoms with Crippen molar-refractivity contribution in [3.63, 3.8) is 0 Å². The molecule has 0 bridgehead atoms. The highest BCUT2D eigenvalue weighted by Gasteiger charge is 2.17. The maximum atomic E-state index is 12.0. The number of rotatable bonds is 7. The van der Waals surface area contributed by atoms with Crippen LogP contribution in [0.4, 0.5) is 0 Å². The molecule has 116 valence electrons. The molecule has 0 spiro atoms. The monoisotopic (exact) mass is 328 g/mol. The van der Waals surface area contributed by atoms with E-state index in [0.717, 1.165) is 31.6 Å². The third-order valence-corrected chi connectivity index (χ3v) is 5.09. The van der Waals surface area contributed by atoms with Crippen molar-refractivity contribution in [2.24, 2.45) is 11.7 Å². The second-order valence-electron chi connectivity index (χ2n) is 5.23. The molecular formula is C14H20N2O3S2. The zero-order chi connectivity index (χ0) is 15.3. The van der Waals surface area contributed by atoms with Crippen LogP contribution in [-0.4, -0.2) is 33.2 Å². The van der Waals surface area contributed by atoms with Crippen molar-refractivity contribution in [1.82, 2.24) is 4.72 Å². The number of ether oxygens (including phenoxy) is 1. The van der Waals surface area contributed by atoms with Gasteiger partial charge in [-0.1, -0.05) is 36.5 Å². The standard InChI is InChI=1S/C14H20N2O3S2/c15-14(20)13-3-1-12(2-4-13)10-21(17,18)16-7-5-11-6-8-19-9-11/h1-4,11,16H,5-10H2,(H2,15,20). The molecule has 1 heterocycles. The summed E-state index contributed by atoms with van der Waals surface area (Å²) in [6.45, 7) is 1.98. The summed E-state index contributed by atoms with van der Waals surface area (Å²) in [5.74, 6) is 0.434. The van der Waals surface area contributed by atoms with E-state index < -0.39 is 10.0 Å². The Labute approximate surface area is 130 Å². The molecule has 1 saturated heterocycles. The van der Waals surface area contributed by atoms with Gasteiger partial charge in [-0.2, -0.15) is 0 Å². The van der Waals surface area contributed by atoms with Crippen LogP contribution in [0.1, 0.15) is 24.0 Å². The smallest absolute Gasteiger partial charge is 0.215 e. The molecule has 0 saturated carbocycles. The molecule has 21 heavy (non-hydrogen) atoms. The van der Waals surface area contributed by atoms with Crippen molar-refractivity contribution >= 4 is 27.2 Å². The van der Waals surface area contributed by atoms with Gasteiger partial charge in [-0.05, 0) is 24.3 Å². The Morgan fingerprint density at radius 1 is 1.38 bits per heavy atom. The largest absolute Gasteiger partial charge is 0.389 e. The third kappa shape index (κ3) is 5.35. The van der Waals surface area contributed by atoms with Gasteiger partial charge in [0, 0.05) is 25.3 Å². The molecule has 1 aliphatic heterocycles. The third-order valence-electron chi connectivity index (χ3n) is 3.49. The molecule has 1 aromatic carbocycles. The predicted octanol–water partition coefficient (Wildman–Crippen LogP) is 1.17. The van der Waals surface area contributed by atoms with Gasteiger partial charge in [0.15, 0.2) is 0 Å². The zero-order valence-electron chi connectivity index (χ0n) is 11.7. The fraction of sp³-hybridized carbons (Fsp3) is 0.500. The lowest BCUT2D eigenvalue weighted by molar-refractivity contribution is 0.184. The number of thiocarbonyl (C=S) groups is 1. The highest BCUT2D eigenvalue weighted by molar-refractivity contribution is 7.88. The summed E-state index contributed by atoms with van der Waals surface area (Å²) in [6, 6.07) is 6.95. The van der Waals surface area contributed by atoms with Crippen LogP contribution in [0.25, 0.3) is 0 Å². The molecule has 3 N–H and O–H groups in total. The van der Waals surface area contributed by atoms with Crippen LogP contribution >= 0.6 is 12.2 Å². The number of benzene rings is 1. The SMILES string of the molecule is NC(=S)c1ccc(CS(=O)(=O)NCCC2CCOC2)cc1. The van der Waals surface area contributed by atoms with Crippen LogP contribution < -0.4 is 10.5 Å². The van der Waals surface area contributed by atoms with Crippen LogP contribution in [0.3, 0.4) is 0 Å². The molecule has 2 rings (SSSR count). The Kier molecular flexibility index (Phi) is 5.69. The van der Waals surface area contributed by atoms with Crippen LogP contribution in [0.2, 0.25) is 0 Å². The van der Waals surface area contributed by atoms with Gasteiger partial charge in [0.1, 0.15) is 4.99 Å². The van der Waals surface area contributed by atoms with Gasteiger partial charge in [0.2, 0.25) is 10.0 Å². The first-order valence-electron chi connectivity index (χ1n) is 6.90. The first-order valence-corrected chi connectivity index (χ1v) is 8.96. The Bertz CT molecular complexity index is 579. The highest BCUT2D eigenvalue weighted by atomic mass is 32.2. The number of hydrogen-bond donors (Lipinski definition) is 2. The van der Waals surface area contributed by atoms with E-state index in [1.54, 1.807) is 24.3 Å². The maximum Gasteiger partial charge on any atom is 0.215 e. The molecule has 1 unspecified atom stereocenters. The lowest BCUT2D eigenvalue weighted by Crippen LogP contribution is -2.27. The quantitative estimate of drug-likeness (QED) is 0.734. The van der Waals surface area contributed by atoms with Crippen LogP contribution in [0.15, 0.2) is 24.3 Å². The maximum absolute atomic E-state index is 12.0. The summed E-state index contributed by atoms with van der Waals surface area (Å²) >= 11 is 4.86. The van der Waals surface area contributed by atoms with E-state index in [0.29, 0.717) is 23.0 Å². The average molecular weight is 328 g/mol. The van der Waals surface area contributed by atoms with E-state index >= 15 is 0 Å². The zero-order valence-corrected chi connectivity index (χ0v) is 13.4. The summed E-state index contributed by atoms with van der Waals surface area (Å²) in [5, 5.41) is 0. The van der Waals surface area contributed by atoms with Crippen molar-refractivity contribution in [3.05, 3.63) is 35.4 Å². The van der Waals surface area contributed by atoms with Crippen LogP contribution in [0.5, 0.6) is 0 Å². The minimum atomic E-state index is -3.31. The molecule has 1 fully saturated rings. The minimum Gasteiger partial charge on any atom is -0.389 e. The van der Waals surface area contributed by atoms with Crippen molar-refractivity contribution in [3.8, 4) is 0 Å². The van der Waals surface area contributed by atoms with Gasteiger partial charge < -0.3 is 10.5 Å². The molecule has 0 amide bonds. The average Bonchev–Trinajstić information content (AvgIpc) is 2.91. The van der Waals surface area contributed by atoms with Gasteiger partial charge in [-0.25, -0.2) is 13.1 Å². The Hall–Kier alpha value is -1.02. The molecule has 1 atom stereocenters. The molecule has 0 aromatic heterocycles. The number of hydrogen-bond acceptors (Lipinski definition) is 4. The predicted molar refractivity (Wildman–Crippen MR) is 86.5 cm³/mol. The summed E-state index contributed by atoms with van der Waals surface area (Å²) < 4.78 is 31.9. The molecule has 7 heteroatoms. The summed E-state index contributed by atoms with van der Waals surface area (Å²) in [6.07, 6.45) is 1.84. The number of sulfonamides is 1. The fourth-order valence-corrected chi connectivity index (χ4v) is 3.56.